The molecule has 0 aliphatic carbocycles. The Kier molecular flexibility index (Phi) is 8.92. The Hall–Kier alpha value is -2.26. The van der Waals surface area contributed by atoms with Crippen molar-refractivity contribution in [2.75, 3.05) is 26.7 Å². The van der Waals surface area contributed by atoms with Crippen molar-refractivity contribution in [3.63, 3.8) is 0 Å². The molecule has 2 rings (SSSR count). The third-order valence-corrected chi connectivity index (χ3v) is 5.07. The molecule has 0 aromatic heterocycles. The van der Waals surface area contributed by atoms with Gasteiger partial charge in [0.1, 0.15) is 0 Å². The van der Waals surface area contributed by atoms with Gasteiger partial charge in [0.25, 0.3) is 0 Å². The van der Waals surface area contributed by atoms with E-state index >= 15 is 0 Å². The number of esters is 1. The fourth-order valence-electron chi connectivity index (χ4n) is 2.66. The molecule has 0 heterocycles. The van der Waals surface area contributed by atoms with Gasteiger partial charge in [-0.25, -0.2) is 0 Å². The topological polar surface area (TPSA) is 46.6 Å². The van der Waals surface area contributed by atoms with E-state index in [0.29, 0.717) is 6.54 Å². The van der Waals surface area contributed by atoms with Crippen LogP contribution in [0.1, 0.15) is 29.5 Å². The van der Waals surface area contributed by atoms with E-state index in [1.165, 1.54) is 7.11 Å². The first-order chi connectivity index (χ1) is 13.2. The molecule has 0 bridgehead atoms. The first kappa shape index (κ1) is 21.0. The molecule has 0 aliphatic heterocycles. The van der Waals surface area contributed by atoms with E-state index in [2.05, 4.69) is 23.7 Å². The van der Waals surface area contributed by atoms with Gasteiger partial charge in [0.15, 0.2) is 0 Å². The summed E-state index contributed by atoms with van der Waals surface area (Å²) in [7, 11) is 1.41. The van der Waals surface area contributed by atoms with Gasteiger partial charge >= 0.3 is 121 Å². The normalized spacial score (nSPS) is 11.4. The van der Waals surface area contributed by atoms with Crippen LogP contribution >= 0.6 is 0 Å². The summed E-state index contributed by atoms with van der Waals surface area (Å²) >= 11 is -1.26. The number of carbonyl (C=O) groups is 1. The van der Waals surface area contributed by atoms with Crippen molar-refractivity contribution >= 4 is 10.5 Å². The summed E-state index contributed by atoms with van der Waals surface area (Å²) in [4.78, 5) is 14.4. The van der Waals surface area contributed by atoms with E-state index in [4.69, 9.17) is 4.74 Å². The molecule has 0 saturated carbocycles. The van der Waals surface area contributed by atoms with Crippen LogP contribution in [0.25, 0.3) is 0 Å². The monoisotopic (exact) mass is 541 g/mol. The van der Waals surface area contributed by atoms with Gasteiger partial charge < -0.3 is 4.74 Å². The Balaban J connectivity index is 2.14. The molecule has 0 saturated heterocycles. The SMILES string of the molecule is CCN(CC#Cc1ccc(C(C(=O)OC)c2ccccc2)cc1)C[CH]=[Os]=[O]. The number of nitrogens with zero attached hydrogens (tertiary/aromatic N) is 1. The molecule has 2 aromatic rings. The molecule has 4 nitrogen and oxygen atoms in total. The van der Waals surface area contributed by atoms with E-state index < -0.39 is 22.8 Å². The first-order valence-electron chi connectivity index (χ1n) is 8.68. The summed E-state index contributed by atoms with van der Waals surface area (Å²) in [6.07, 6.45) is 0. The molecule has 0 radical (unpaired) electrons. The third kappa shape index (κ3) is 6.44. The number of rotatable bonds is 7. The zero-order chi connectivity index (χ0) is 19.5. The van der Waals surface area contributed by atoms with Crippen LogP contribution in [0.15, 0.2) is 54.6 Å². The van der Waals surface area contributed by atoms with Crippen LogP contribution in [-0.4, -0.2) is 42.2 Å². The molecular weight excluding hydrogens is 516 g/mol. The molecule has 142 valence electrons. The van der Waals surface area contributed by atoms with Crippen LogP contribution in [0.2, 0.25) is 0 Å². The number of hydrogen-bond donors (Lipinski definition) is 0. The van der Waals surface area contributed by atoms with E-state index in [1.807, 2.05) is 59.2 Å². The van der Waals surface area contributed by atoms with E-state index in [9.17, 15) is 8.33 Å². The fourth-order valence-corrected chi connectivity index (χ4v) is 3.51. The Morgan fingerprint density at radius 1 is 1.15 bits per heavy atom. The number of ether oxygens (including phenoxy) is 1. The van der Waals surface area contributed by atoms with E-state index in [0.717, 1.165) is 29.8 Å². The number of benzene rings is 2. The Labute approximate surface area is 168 Å². The van der Waals surface area contributed by atoms with Crippen molar-refractivity contribution in [2.24, 2.45) is 0 Å². The van der Waals surface area contributed by atoms with Gasteiger partial charge in [-0.1, -0.05) is 30.3 Å². The minimum atomic E-state index is -1.26. The number of hydrogen-bond acceptors (Lipinski definition) is 4. The average Bonchev–Trinajstić information content (AvgIpc) is 2.72. The summed E-state index contributed by atoms with van der Waals surface area (Å²) in [5.41, 5.74) is 2.68. The van der Waals surface area contributed by atoms with Crippen molar-refractivity contribution in [1.82, 2.24) is 4.90 Å². The van der Waals surface area contributed by atoms with Gasteiger partial charge in [0, 0.05) is 0 Å². The van der Waals surface area contributed by atoms with Gasteiger partial charge in [-0.2, -0.15) is 0 Å². The van der Waals surface area contributed by atoms with Crippen molar-refractivity contribution in [1.29, 1.82) is 0 Å². The summed E-state index contributed by atoms with van der Waals surface area (Å²) < 4.78 is 17.5. The zero-order valence-electron chi connectivity index (χ0n) is 15.5. The van der Waals surface area contributed by atoms with Crippen LogP contribution in [0.4, 0.5) is 0 Å². The maximum atomic E-state index is 12.3. The van der Waals surface area contributed by atoms with Crippen molar-refractivity contribution < 1.29 is 30.0 Å². The first-order valence-corrected chi connectivity index (χ1v) is 11.2. The number of methoxy groups -OCH3 is 1. The molecule has 27 heavy (non-hydrogen) atoms. The summed E-state index contributed by atoms with van der Waals surface area (Å²) in [6.45, 7) is 4.29. The molecular formula is C22H23NO3Os. The molecule has 0 amide bonds. The summed E-state index contributed by atoms with van der Waals surface area (Å²) in [5, 5.41) is 0. The van der Waals surface area contributed by atoms with Crippen LogP contribution in [0.5, 0.6) is 0 Å². The third-order valence-electron chi connectivity index (χ3n) is 4.18. The second kappa shape index (κ2) is 11.4. The standard InChI is InChI=1S/C22H23NO2.O.Os/c1-4-23(5-2)17-9-10-18-13-15-20(16-14-18)21(22(24)25-3)19-11-7-6-8-12-19;;/h1,6-8,11-16,21H,4-5,17H2,2-3H3;;. The minimum absolute atomic E-state index is 0.281. The Morgan fingerprint density at radius 3 is 2.41 bits per heavy atom. The molecule has 0 fully saturated rings. The zero-order valence-corrected chi connectivity index (χ0v) is 18.0. The van der Waals surface area contributed by atoms with Crippen LogP contribution in [0.3, 0.4) is 0 Å². The van der Waals surface area contributed by atoms with Gasteiger partial charge in [-0.3, -0.25) is 4.79 Å². The molecule has 0 aliphatic rings. The quantitative estimate of drug-likeness (QED) is 0.401. The summed E-state index contributed by atoms with van der Waals surface area (Å²) in [6, 6.07) is 17.3. The predicted octanol–water partition coefficient (Wildman–Crippen LogP) is 2.90. The van der Waals surface area contributed by atoms with Crippen molar-refractivity contribution in [2.45, 2.75) is 12.8 Å². The molecule has 1 atom stereocenters. The second-order valence-electron chi connectivity index (χ2n) is 5.85. The van der Waals surface area contributed by atoms with Crippen LogP contribution in [0, 0.1) is 11.8 Å². The average molecular weight is 540 g/mol. The fraction of sp³-hybridized carbons (Fsp3) is 0.273. The molecule has 1 unspecified atom stereocenters. The molecule has 0 N–H and O–H groups in total. The maximum absolute atomic E-state index is 12.3. The van der Waals surface area contributed by atoms with Gasteiger partial charge in [0.2, 0.25) is 0 Å². The Bertz CT molecular complexity index is 847. The van der Waals surface area contributed by atoms with Gasteiger partial charge in [0.05, 0.1) is 7.11 Å². The van der Waals surface area contributed by atoms with Gasteiger partial charge in [-0.05, 0) is 0 Å². The number of carbonyl (C=O) groups excluding carboxylic acids is 1. The molecule has 5 heteroatoms. The van der Waals surface area contributed by atoms with E-state index in [1.54, 1.807) is 0 Å². The predicted molar refractivity (Wildman–Crippen MR) is 102 cm³/mol. The van der Waals surface area contributed by atoms with Crippen molar-refractivity contribution in [3.05, 3.63) is 71.3 Å². The Morgan fingerprint density at radius 2 is 1.81 bits per heavy atom. The van der Waals surface area contributed by atoms with E-state index in [-0.39, 0.29) is 5.97 Å². The van der Waals surface area contributed by atoms with Gasteiger partial charge in [-0.15, -0.1) is 0 Å². The van der Waals surface area contributed by atoms with Crippen molar-refractivity contribution in [3.8, 4) is 11.8 Å². The molecule has 0 spiro atoms. The second-order valence-corrected chi connectivity index (χ2v) is 7.48. The summed E-state index contributed by atoms with van der Waals surface area (Å²) in [5.74, 6) is 5.58. The van der Waals surface area contributed by atoms with Crippen LogP contribution in [-0.2, 0) is 30.0 Å². The molecule has 2 aromatic carbocycles. The van der Waals surface area contributed by atoms with Crippen LogP contribution < -0.4 is 0 Å².